The minimum Gasteiger partial charge on any atom is -0.288 e. The smallest absolute Gasteiger partial charge is 0.204 e. The molecule has 0 spiro atoms. The molecule has 0 radical (unpaired) electrons. The standard InChI is InChI=1S/C19H16F2N2OS/c20-13-8-12(9-14(21)10-13)6-7-17(24)16-11-22-19-23(16)15-4-2-1-3-5-18(15)25-19/h6-11H,1-5H2/b7-6+. The van der Waals surface area contributed by atoms with Crippen LogP contribution in [0.4, 0.5) is 8.78 Å². The van der Waals surface area contributed by atoms with E-state index in [-0.39, 0.29) is 5.78 Å². The van der Waals surface area contributed by atoms with E-state index >= 15 is 0 Å². The van der Waals surface area contributed by atoms with Gasteiger partial charge < -0.3 is 0 Å². The van der Waals surface area contributed by atoms with Crippen LogP contribution in [0.2, 0.25) is 0 Å². The number of halogens is 2. The summed E-state index contributed by atoms with van der Waals surface area (Å²) in [6, 6.07) is 3.19. The Morgan fingerprint density at radius 2 is 1.88 bits per heavy atom. The summed E-state index contributed by atoms with van der Waals surface area (Å²) in [5.74, 6) is -1.55. The van der Waals surface area contributed by atoms with Crippen molar-refractivity contribution >= 4 is 28.2 Å². The fraction of sp³-hybridized carbons (Fsp3) is 0.263. The molecule has 1 aliphatic rings. The first-order valence-electron chi connectivity index (χ1n) is 8.28. The van der Waals surface area contributed by atoms with Gasteiger partial charge >= 0.3 is 0 Å². The number of allylic oxidation sites excluding steroid dienone is 1. The maximum atomic E-state index is 13.2. The number of nitrogens with zero attached hydrogens (tertiary/aromatic N) is 2. The quantitative estimate of drug-likeness (QED) is 0.381. The number of benzene rings is 1. The molecule has 0 saturated carbocycles. The highest BCUT2D eigenvalue weighted by molar-refractivity contribution is 7.17. The van der Waals surface area contributed by atoms with E-state index in [0.29, 0.717) is 11.3 Å². The predicted molar refractivity (Wildman–Crippen MR) is 94.1 cm³/mol. The Labute approximate surface area is 147 Å². The highest BCUT2D eigenvalue weighted by Crippen LogP contribution is 2.30. The number of aromatic nitrogens is 2. The number of aryl methyl sites for hydroxylation is 2. The Bertz CT molecular complexity index is 967. The van der Waals surface area contributed by atoms with Crippen molar-refractivity contribution in [2.75, 3.05) is 0 Å². The van der Waals surface area contributed by atoms with Crippen molar-refractivity contribution in [3.63, 3.8) is 0 Å². The van der Waals surface area contributed by atoms with Crippen LogP contribution in [-0.4, -0.2) is 15.2 Å². The first kappa shape index (κ1) is 16.1. The minimum absolute atomic E-state index is 0.220. The number of hydrogen-bond donors (Lipinski definition) is 0. The van der Waals surface area contributed by atoms with E-state index in [4.69, 9.17) is 0 Å². The van der Waals surface area contributed by atoms with Crippen LogP contribution in [0.15, 0.2) is 30.5 Å². The van der Waals surface area contributed by atoms with Gasteiger partial charge in [-0.25, -0.2) is 13.8 Å². The third kappa shape index (κ3) is 3.14. The molecule has 1 aromatic carbocycles. The van der Waals surface area contributed by atoms with Crippen LogP contribution in [0.5, 0.6) is 0 Å². The number of carbonyl (C=O) groups excluding carboxylic acids is 1. The lowest BCUT2D eigenvalue weighted by atomic mass is 10.1. The lowest BCUT2D eigenvalue weighted by Gasteiger charge is -2.02. The van der Waals surface area contributed by atoms with Gasteiger partial charge in [0.15, 0.2) is 4.96 Å². The van der Waals surface area contributed by atoms with Crippen molar-refractivity contribution in [3.8, 4) is 0 Å². The molecule has 4 rings (SSSR count). The lowest BCUT2D eigenvalue weighted by molar-refractivity contribution is 0.104. The zero-order valence-electron chi connectivity index (χ0n) is 13.5. The molecule has 0 fully saturated rings. The summed E-state index contributed by atoms with van der Waals surface area (Å²) in [7, 11) is 0. The molecule has 0 atom stereocenters. The number of rotatable bonds is 3. The van der Waals surface area contributed by atoms with Crippen molar-refractivity contribution < 1.29 is 13.6 Å². The van der Waals surface area contributed by atoms with Crippen LogP contribution in [0.3, 0.4) is 0 Å². The van der Waals surface area contributed by atoms with Gasteiger partial charge in [-0.15, -0.1) is 11.3 Å². The first-order chi connectivity index (χ1) is 12.1. The van der Waals surface area contributed by atoms with Crippen molar-refractivity contribution in [1.29, 1.82) is 0 Å². The van der Waals surface area contributed by atoms with Gasteiger partial charge in [0.05, 0.1) is 6.20 Å². The lowest BCUT2D eigenvalue weighted by Crippen LogP contribution is -2.03. The molecule has 6 heteroatoms. The Balaban J connectivity index is 1.68. The molecule has 0 N–H and O–H groups in total. The van der Waals surface area contributed by atoms with Crippen LogP contribution in [0.25, 0.3) is 11.0 Å². The second-order valence-electron chi connectivity index (χ2n) is 6.19. The van der Waals surface area contributed by atoms with E-state index in [2.05, 4.69) is 4.98 Å². The van der Waals surface area contributed by atoms with E-state index in [9.17, 15) is 13.6 Å². The maximum absolute atomic E-state index is 13.2. The Hall–Kier alpha value is -2.34. The van der Waals surface area contributed by atoms with Gasteiger partial charge in [0.1, 0.15) is 17.3 Å². The average molecular weight is 358 g/mol. The van der Waals surface area contributed by atoms with Gasteiger partial charge in [-0.3, -0.25) is 9.20 Å². The van der Waals surface area contributed by atoms with Crippen LogP contribution >= 0.6 is 11.3 Å². The summed E-state index contributed by atoms with van der Waals surface area (Å²) in [5.41, 5.74) is 2.00. The van der Waals surface area contributed by atoms with Gasteiger partial charge in [-0.1, -0.05) is 12.5 Å². The molecule has 0 unspecified atom stereocenters. The number of ketones is 1. The molecule has 3 aromatic rings. The number of carbonyl (C=O) groups is 1. The Morgan fingerprint density at radius 3 is 2.68 bits per heavy atom. The zero-order chi connectivity index (χ0) is 17.4. The molecule has 2 heterocycles. The molecule has 3 nitrogen and oxygen atoms in total. The molecule has 128 valence electrons. The second-order valence-corrected chi connectivity index (χ2v) is 7.26. The molecule has 0 saturated heterocycles. The second kappa shape index (κ2) is 6.52. The number of thiazole rings is 1. The van der Waals surface area contributed by atoms with E-state index in [1.807, 2.05) is 4.40 Å². The molecule has 25 heavy (non-hydrogen) atoms. The highest BCUT2D eigenvalue weighted by atomic mass is 32.1. The van der Waals surface area contributed by atoms with Gasteiger partial charge in [0.25, 0.3) is 0 Å². The molecule has 0 aliphatic heterocycles. The molecule has 0 bridgehead atoms. The van der Waals surface area contributed by atoms with E-state index in [1.165, 1.54) is 47.7 Å². The molecule has 1 aliphatic carbocycles. The zero-order valence-corrected chi connectivity index (χ0v) is 14.3. The molecular formula is C19H16F2N2OS. The predicted octanol–water partition coefficient (Wildman–Crippen LogP) is 4.84. The summed E-state index contributed by atoms with van der Waals surface area (Å²) >= 11 is 1.65. The monoisotopic (exact) mass is 358 g/mol. The average Bonchev–Trinajstić information content (AvgIpc) is 3.03. The molecule has 0 amide bonds. The van der Waals surface area contributed by atoms with Gasteiger partial charge in [0.2, 0.25) is 5.78 Å². The fourth-order valence-corrected chi connectivity index (χ4v) is 4.45. The van der Waals surface area contributed by atoms with E-state index in [1.54, 1.807) is 17.5 Å². The summed E-state index contributed by atoms with van der Waals surface area (Å²) in [6.07, 6.45) is 9.83. The summed E-state index contributed by atoms with van der Waals surface area (Å²) < 4.78 is 28.4. The summed E-state index contributed by atoms with van der Waals surface area (Å²) in [6.45, 7) is 0. The van der Waals surface area contributed by atoms with Crippen molar-refractivity contribution in [2.24, 2.45) is 0 Å². The van der Waals surface area contributed by atoms with Gasteiger partial charge in [-0.05, 0) is 49.5 Å². The third-order valence-electron chi connectivity index (χ3n) is 4.42. The summed E-state index contributed by atoms with van der Waals surface area (Å²) in [4.78, 5) is 19.1. The number of imidazole rings is 1. The van der Waals surface area contributed by atoms with Gasteiger partial charge in [-0.2, -0.15) is 0 Å². The largest absolute Gasteiger partial charge is 0.288 e. The summed E-state index contributed by atoms with van der Waals surface area (Å²) in [5, 5.41) is 0. The van der Waals surface area contributed by atoms with Crippen molar-refractivity contribution in [3.05, 3.63) is 63.9 Å². The van der Waals surface area contributed by atoms with Gasteiger partial charge in [0, 0.05) is 16.6 Å². The van der Waals surface area contributed by atoms with E-state index < -0.39 is 11.6 Å². The minimum atomic E-state index is -0.665. The molecule has 2 aromatic heterocycles. The van der Waals surface area contributed by atoms with Crippen LogP contribution in [-0.2, 0) is 12.8 Å². The molecular weight excluding hydrogens is 342 g/mol. The topological polar surface area (TPSA) is 34.4 Å². The van der Waals surface area contributed by atoms with E-state index in [0.717, 1.165) is 30.3 Å². The van der Waals surface area contributed by atoms with Crippen LogP contribution < -0.4 is 0 Å². The number of fused-ring (bicyclic) bond motifs is 3. The SMILES string of the molecule is O=C(/C=C/c1cc(F)cc(F)c1)c1cnc2sc3c(n12)CCCCC3. The highest BCUT2D eigenvalue weighted by Gasteiger charge is 2.20. The normalized spacial score (nSPS) is 14.8. The van der Waals surface area contributed by atoms with Crippen LogP contribution in [0.1, 0.15) is 45.9 Å². The number of hydrogen-bond acceptors (Lipinski definition) is 3. The van der Waals surface area contributed by atoms with Crippen molar-refractivity contribution in [2.45, 2.75) is 32.1 Å². The Kier molecular flexibility index (Phi) is 4.21. The maximum Gasteiger partial charge on any atom is 0.204 e. The van der Waals surface area contributed by atoms with Crippen molar-refractivity contribution in [1.82, 2.24) is 9.38 Å². The third-order valence-corrected chi connectivity index (χ3v) is 5.57. The Morgan fingerprint density at radius 1 is 1.12 bits per heavy atom. The van der Waals surface area contributed by atoms with Crippen LogP contribution in [0, 0.1) is 11.6 Å². The fourth-order valence-electron chi connectivity index (χ4n) is 3.27. The first-order valence-corrected chi connectivity index (χ1v) is 9.10.